The van der Waals surface area contributed by atoms with Crippen molar-refractivity contribution in [3.8, 4) is 0 Å². The number of fused-ring (bicyclic) bond motifs is 1. The molecule has 0 aromatic carbocycles. The number of hydrogen-bond acceptors (Lipinski definition) is 2. The van der Waals surface area contributed by atoms with Crippen LogP contribution in [0.15, 0.2) is 0 Å². The number of piperidine rings is 1. The van der Waals surface area contributed by atoms with Crippen molar-refractivity contribution in [2.24, 2.45) is 11.8 Å². The fourth-order valence-corrected chi connectivity index (χ4v) is 5.31. The molecule has 1 aliphatic carbocycles. The lowest BCUT2D eigenvalue weighted by atomic mass is 9.79. The lowest BCUT2D eigenvalue weighted by Crippen LogP contribution is -2.64. The Labute approximate surface area is 132 Å². The summed E-state index contributed by atoms with van der Waals surface area (Å²) in [5.74, 6) is 1.77. The predicted molar refractivity (Wildman–Crippen MR) is 90.6 cm³/mol. The van der Waals surface area contributed by atoms with E-state index in [-0.39, 0.29) is 0 Å². The second kappa shape index (κ2) is 7.00. The van der Waals surface area contributed by atoms with Crippen molar-refractivity contribution < 1.29 is 0 Å². The van der Waals surface area contributed by atoms with Crippen LogP contribution in [0.3, 0.4) is 0 Å². The van der Waals surface area contributed by atoms with E-state index in [1.807, 2.05) is 0 Å². The van der Waals surface area contributed by atoms with Gasteiger partial charge in [-0.15, -0.1) is 0 Å². The molecule has 2 aliphatic heterocycles. The molecule has 2 heterocycles. The molecule has 2 nitrogen and oxygen atoms in total. The highest BCUT2D eigenvalue weighted by atomic mass is 15.3. The Morgan fingerprint density at radius 3 is 2.48 bits per heavy atom. The summed E-state index contributed by atoms with van der Waals surface area (Å²) < 4.78 is 0. The third-order valence-electron chi connectivity index (χ3n) is 6.61. The molecule has 0 radical (unpaired) electrons. The van der Waals surface area contributed by atoms with Crippen molar-refractivity contribution in [1.29, 1.82) is 0 Å². The summed E-state index contributed by atoms with van der Waals surface area (Å²) in [4.78, 5) is 5.82. The van der Waals surface area contributed by atoms with Crippen molar-refractivity contribution in [2.75, 3.05) is 19.6 Å². The van der Waals surface area contributed by atoms with Gasteiger partial charge in [-0.1, -0.05) is 46.5 Å². The van der Waals surface area contributed by atoms with E-state index in [2.05, 4.69) is 30.6 Å². The lowest BCUT2D eigenvalue weighted by molar-refractivity contribution is -0.0519. The van der Waals surface area contributed by atoms with Gasteiger partial charge in [0.25, 0.3) is 0 Å². The third-order valence-corrected chi connectivity index (χ3v) is 6.61. The fourth-order valence-electron chi connectivity index (χ4n) is 5.31. The summed E-state index contributed by atoms with van der Waals surface area (Å²) in [7, 11) is 0. The van der Waals surface area contributed by atoms with Crippen LogP contribution in [0.4, 0.5) is 0 Å². The average molecular weight is 293 g/mol. The van der Waals surface area contributed by atoms with Crippen molar-refractivity contribution >= 4 is 0 Å². The Balaban J connectivity index is 1.76. The minimum atomic E-state index is 0.798. The molecule has 3 aliphatic rings. The van der Waals surface area contributed by atoms with Crippen LogP contribution in [-0.4, -0.2) is 47.6 Å². The van der Waals surface area contributed by atoms with Crippen LogP contribution >= 0.6 is 0 Å². The van der Waals surface area contributed by atoms with Crippen molar-refractivity contribution in [2.45, 2.75) is 90.3 Å². The molecule has 0 spiro atoms. The molecule has 122 valence electrons. The zero-order valence-electron chi connectivity index (χ0n) is 14.6. The van der Waals surface area contributed by atoms with Gasteiger partial charge in [0.05, 0.1) is 0 Å². The lowest BCUT2D eigenvalue weighted by Gasteiger charge is -2.54. The van der Waals surface area contributed by atoms with E-state index >= 15 is 0 Å². The number of rotatable bonds is 3. The van der Waals surface area contributed by atoms with Gasteiger partial charge in [0.1, 0.15) is 0 Å². The molecule has 0 aromatic rings. The van der Waals surface area contributed by atoms with E-state index < -0.39 is 0 Å². The minimum Gasteiger partial charge on any atom is -0.298 e. The van der Waals surface area contributed by atoms with E-state index in [9.17, 15) is 0 Å². The molecule has 0 amide bonds. The Morgan fingerprint density at radius 2 is 1.71 bits per heavy atom. The Kier molecular flexibility index (Phi) is 5.27. The Hall–Kier alpha value is -0.0800. The first-order valence-electron chi connectivity index (χ1n) is 9.70. The quantitative estimate of drug-likeness (QED) is 0.771. The van der Waals surface area contributed by atoms with Gasteiger partial charge in [-0.05, 0) is 44.1 Å². The van der Waals surface area contributed by atoms with Crippen molar-refractivity contribution in [3.05, 3.63) is 0 Å². The smallest absolute Gasteiger partial charge is 0.0249 e. The first kappa shape index (κ1) is 15.8. The first-order chi connectivity index (χ1) is 10.2. The molecule has 0 N–H and O–H groups in total. The largest absolute Gasteiger partial charge is 0.298 e. The maximum Gasteiger partial charge on any atom is 0.0249 e. The van der Waals surface area contributed by atoms with Crippen LogP contribution < -0.4 is 0 Å². The van der Waals surface area contributed by atoms with Gasteiger partial charge in [0.2, 0.25) is 0 Å². The highest BCUT2D eigenvalue weighted by Gasteiger charge is 2.41. The summed E-state index contributed by atoms with van der Waals surface area (Å²) in [5, 5.41) is 0. The van der Waals surface area contributed by atoms with E-state index in [1.165, 1.54) is 71.0 Å². The van der Waals surface area contributed by atoms with Gasteiger partial charge >= 0.3 is 0 Å². The summed E-state index contributed by atoms with van der Waals surface area (Å²) >= 11 is 0. The maximum atomic E-state index is 2.99. The monoisotopic (exact) mass is 292 g/mol. The summed E-state index contributed by atoms with van der Waals surface area (Å²) in [6.07, 6.45) is 11.6. The zero-order valence-corrected chi connectivity index (χ0v) is 14.6. The predicted octanol–water partition coefficient (Wildman–Crippen LogP) is 4.15. The summed E-state index contributed by atoms with van der Waals surface area (Å²) in [6.45, 7) is 11.4. The third kappa shape index (κ3) is 3.32. The Morgan fingerprint density at radius 1 is 0.952 bits per heavy atom. The van der Waals surface area contributed by atoms with Gasteiger partial charge < -0.3 is 0 Å². The van der Waals surface area contributed by atoms with E-state index in [1.54, 1.807) is 0 Å². The molecular weight excluding hydrogens is 256 g/mol. The SMILES string of the molecule is CCC1CCCCC1N1CC2CCCCN2CC1C(C)C. The molecule has 4 unspecified atom stereocenters. The highest BCUT2D eigenvalue weighted by molar-refractivity contribution is 4.96. The minimum absolute atomic E-state index is 0.798. The number of nitrogens with zero attached hydrogens (tertiary/aromatic N) is 2. The second-order valence-electron chi connectivity index (χ2n) is 8.17. The zero-order chi connectivity index (χ0) is 14.8. The maximum absolute atomic E-state index is 2.99. The molecule has 2 saturated heterocycles. The molecule has 0 aromatic heterocycles. The summed E-state index contributed by atoms with van der Waals surface area (Å²) in [6, 6.07) is 2.56. The topological polar surface area (TPSA) is 6.48 Å². The molecule has 21 heavy (non-hydrogen) atoms. The molecule has 3 rings (SSSR count). The van der Waals surface area contributed by atoms with Gasteiger partial charge in [0.15, 0.2) is 0 Å². The highest BCUT2D eigenvalue weighted by Crippen LogP contribution is 2.36. The molecule has 3 fully saturated rings. The second-order valence-corrected chi connectivity index (χ2v) is 8.17. The fraction of sp³-hybridized carbons (Fsp3) is 1.00. The average Bonchev–Trinajstić information content (AvgIpc) is 2.53. The van der Waals surface area contributed by atoms with E-state index in [0.717, 1.165) is 30.0 Å². The van der Waals surface area contributed by atoms with Gasteiger partial charge in [-0.3, -0.25) is 9.80 Å². The van der Waals surface area contributed by atoms with Crippen LogP contribution in [0.25, 0.3) is 0 Å². The van der Waals surface area contributed by atoms with E-state index in [0.29, 0.717) is 0 Å². The normalized spacial score (nSPS) is 39.4. The van der Waals surface area contributed by atoms with Crippen LogP contribution in [0.2, 0.25) is 0 Å². The van der Waals surface area contributed by atoms with Crippen LogP contribution in [-0.2, 0) is 0 Å². The van der Waals surface area contributed by atoms with Gasteiger partial charge in [0, 0.05) is 31.2 Å². The molecule has 0 bridgehead atoms. The standard InChI is InChI=1S/C19H36N2/c1-4-16-9-5-6-11-18(16)21-13-17-10-7-8-12-20(17)14-19(21)15(2)3/h15-19H,4-14H2,1-3H3. The molecule has 2 heteroatoms. The number of hydrogen-bond donors (Lipinski definition) is 0. The Bertz CT molecular complexity index is 328. The molecule has 4 atom stereocenters. The molecular formula is C19H36N2. The van der Waals surface area contributed by atoms with Crippen molar-refractivity contribution in [1.82, 2.24) is 9.80 Å². The van der Waals surface area contributed by atoms with Crippen LogP contribution in [0.1, 0.15) is 72.1 Å². The van der Waals surface area contributed by atoms with Crippen LogP contribution in [0.5, 0.6) is 0 Å². The van der Waals surface area contributed by atoms with Crippen molar-refractivity contribution in [3.63, 3.8) is 0 Å². The van der Waals surface area contributed by atoms with Crippen LogP contribution in [0, 0.1) is 11.8 Å². The first-order valence-corrected chi connectivity index (χ1v) is 9.70. The summed E-state index contributed by atoms with van der Waals surface area (Å²) in [5.41, 5.74) is 0. The van der Waals surface area contributed by atoms with Gasteiger partial charge in [-0.2, -0.15) is 0 Å². The number of piperazine rings is 1. The molecule has 1 saturated carbocycles. The van der Waals surface area contributed by atoms with Gasteiger partial charge in [-0.25, -0.2) is 0 Å². The van der Waals surface area contributed by atoms with E-state index in [4.69, 9.17) is 0 Å².